The first-order valence-corrected chi connectivity index (χ1v) is 10.1. The molecule has 0 atom stereocenters. The summed E-state index contributed by atoms with van der Waals surface area (Å²) in [6, 6.07) is 8.10. The minimum Gasteiger partial charge on any atom is -0.444 e. The number of thiazole rings is 1. The van der Waals surface area contributed by atoms with Crippen molar-refractivity contribution in [3.05, 3.63) is 46.6 Å². The molecule has 0 saturated carbocycles. The zero-order chi connectivity index (χ0) is 18.8. The number of halogens is 2. The van der Waals surface area contributed by atoms with Gasteiger partial charge in [0.1, 0.15) is 11.3 Å². The topological polar surface area (TPSA) is 58.8 Å². The summed E-state index contributed by atoms with van der Waals surface area (Å²) in [6.07, 6.45) is 0. The Kier molecular flexibility index (Phi) is 5.53. The largest absolute Gasteiger partial charge is 0.444 e. The van der Waals surface area contributed by atoms with E-state index in [0.717, 1.165) is 13.1 Å². The maximum Gasteiger partial charge on any atom is 0.295 e. The number of anilines is 1. The van der Waals surface area contributed by atoms with Gasteiger partial charge in [0.15, 0.2) is 15.6 Å². The Bertz CT molecular complexity index is 954. The summed E-state index contributed by atoms with van der Waals surface area (Å²) in [6.45, 7) is 4.12. The van der Waals surface area contributed by atoms with E-state index < -0.39 is 5.82 Å². The van der Waals surface area contributed by atoms with Gasteiger partial charge in [-0.2, -0.15) is 0 Å². The van der Waals surface area contributed by atoms with E-state index in [0.29, 0.717) is 40.8 Å². The molecule has 142 valence electrons. The lowest BCUT2D eigenvalue weighted by Crippen LogP contribution is -2.43. The van der Waals surface area contributed by atoms with Crippen LogP contribution in [0.3, 0.4) is 0 Å². The molecule has 1 aliphatic rings. The molecule has 3 aromatic rings. The predicted octanol–water partition coefficient (Wildman–Crippen LogP) is 3.77. The molecule has 3 heterocycles. The number of hydrogen-bond acceptors (Lipinski definition) is 6. The maximum atomic E-state index is 14.1. The SMILES string of the molecule is O=C(c1ccc(Br)o1)N(CCN1CCOCC1)c1nc2c(F)cccc2s1. The lowest BCUT2D eigenvalue weighted by Gasteiger charge is -2.28. The van der Waals surface area contributed by atoms with Crippen LogP contribution in [0.2, 0.25) is 0 Å². The third-order valence-corrected chi connectivity index (χ3v) is 5.83. The Morgan fingerprint density at radius 2 is 2.11 bits per heavy atom. The number of furan rings is 1. The number of morpholine rings is 1. The molecule has 0 N–H and O–H groups in total. The third kappa shape index (κ3) is 4.06. The first kappa shape index (κ1) is 18.5. The molecule has 1 saturated heterocycles. The van der Waals surface area contributed by atoms with Crippen molar-refractivity contribution in [3.8, 4) is 0 Å². The molecule has 27 heavy (non-hydrogen) atoms. The van der Waals surface area contributed by atoms with Crippen molar-refractivity contribution in [1.82, 2.24) is 9.88 Å². The third-order valence-electron chi connectivity index (χ3n) is 4.36. The van der Waals surface area contributed by atoms with Gasteiger partial charge in [-0.1, -0.05) is 17.4 Å². The van der Waals surface area contributed by atoms with Gasteiger partial charge in [0, 0.05) is 26.2 Å². The summed E-state index contributed by atoms with van der Waals surface area (Å²) < 4.78 is 26.0. The van der Waals surface area contributed by atoms with Crippen LogP contribution in [0.4, 0.5) is 9.52 Å². The number of aromatic nitrogens is 1. The number of fused-ring (bicyclic) bond motifs is 1. The number of para-hydroxylation sites is 1. The minimum absolute atomic E-state index is 0.212. The molecule has 0 aliphatic carbocycles. The fourth-order valence-electron chi connectivity index (χ4n) is 2.93. The molecule has 0 spiro atoms. The number of carbonyl (C=O) groups excluding carboxylic acids is 1. The normalized spacial score (nSPS) is 15.3. The second-order valence-electron chi connectivity index (χ2n) is 6.10. The molecule has 0 radical (unpaired) electrons. The van der Waals surface area contributed by atoms with Gasteiger partial charge < -0.3 is 9.15 Å². The lowest BCUT2D eigenvalue weighted by molar-refractivity contribution is 0.0390. The Morgan fingerprint density at radius 1 is 1.30 bits per heavy atom. The van der Waals surface area contributed by atoms with Crippen LogP contribution in [-0.2, 0) is 4.74 Å². The Labute approximate surface area is 167 Å². The Balaban J connectivity index is 1.63. The van der Waals surface area contributed by atoms with E-state index in [2.05, 4.69) is 25.8 Å². The molecule has 9 heteroatoms. The highest BCUT2D eigenvalue weighted by Crippen LogP contribution is 2.31. The van der Waals surface area contributed by atoms with Crippen molar-refractivity contribution in [2.24, 2.45) is 0 Å². The highest BCUT2D eigenvalue weighted by Gasteiger charge is 2.25. The molecular formula is C18H17BrFN3O3S. The number of ether oxygens (including phenoxy) is 1. The first-order chi connectivity index (χ1) is 13.1. The highest BCUT2D eigenvalue weighted by atomic mass is 79.9. The van der Waals surface area contributed by atoms with Crippen LogP contribution in [-0.4, -0.2) is 55.2 Å². The van der Waals surface area contributed by atoms with Crippen molar-refractivity contribution in [2.75, 3.05) is 44.3 Å². The zero-order valence-corrected chi connectivity index (χ0v) is 16.8. The number of rotatable bonds is 5. The van der Waals surface area contributed by atoms with Gasteiger partial charge in [-0.3, -0.25) is 14.6 Å². The monoisotopic (exact) mass is 453 g/mol. The number of nitrogens with zero attached hydrogens (tertiary/aromatic N) is 3. The summed E-state index contributed by atoms with van der Waals surface area (Å²) in [4.78, 5) is 21.2. The van der Waals surface area contributed by atoms with Gasteiger partial charge >= 0.3 is 0 Å². The van der Waals surface area contributed by atoms with Crippen molar-refractivity contribution < 1.29 is 18.3 Å². The van der Waals surface area contributed by atoms with Gasteiger partial charge in [-0.25, -0.2) is 9.37 Å². The molecule has 6 nitrogen and oxygen atoms in total. The molecule has 1 amide bonds. The smallest absolute Gasteiger partial charge is 0.295 e. The number of hydrogen-bond donors (Lipinski definition) is 0. The summed E-state index contributed by atoms with van der Waals surface area (Å²) in [5.74, 6) is -0.478. The van der Waals surface area contributed by atoms with Crippen LogP contribution in [0, 0.1) is 5.82 Å². The van der Waals surface area contributed by atoms with Gasteiger partial charge in [-0.15, -0.1) is 0 Å². The maximum absolute atomic E-state index is 14.1. The van der Waals surface area contributed by atoms with Gasteiger partial charge in [-0.05, 0) is 40.2 Å². The molecule has 0 unspecified atom stereocenters. The van der Waals surface area contributed by atoms with Crippen molar-refractivity contribution in [2.45, 2.75) is 0 Å². The zero-order valence-electron chi connectivity index (χ0n) is 14.4. The van der Waals surface area contributed by atoms with Crippen LogP contribution in [0.5, 0.6) is 0 Å². The van der Waals surface area contributed by atoms with E-state index in [4.69, 9.17) is 9.15 Å². The van der Waals surface area contributed by atoms with E-state index in [1.165, 1.54) is 17.4 Å². The van der Waals surface area contributed by atoms with E-state index in [-0.39, 0.29) is 17.2 Å². The summed E-state index contributed by atoms with van der Waals surface area (Å²) in [5.41, 5.74) is 0.280. The molecule has 1 fully saturated rings. The highest BCUT2D eigenvalue weighted by molar-refractivity contribution is 9.10. The van der Waals surface area contributed by atoms with E-state index >= 15 is 0 Å². The second-order valence-corrected chi connectivity index (χ2v) is 7.89. The number of benzene rings is 1. The standard InChI is InChI=1S/C18H17BrFN3O3S/c19-15-5-4-13(26-15)17(24)23(7-6-22-8-10-25-11-9-22)18-21-16-12(20)2-1-3-14(16)27-18/h1-5H,6-11H2. The molecule has 4 rings (SSSR count). The summed E-state index contributed by atoms with van der Waals surface area (Å²) in [7, 11) is 0. The second kappa shape index (κ2) is 8.05. The quantitative estimate of drug-likeness (QED) is 0.588. The Morgan fingerprint density at radius 3 is 2.81 bits per heavy atom. The molecule has 1 aromatic carbocycles. The van der Waals surface area contributed by atoms with Crippen molar-refractivity contribution in [3.63, 3.8) is 0 Å². The fourth-order valence-corrected chi connectivity index (χ4v) is 4.24. The Hall–Kier alpha value is -1.81. The number of carbonyl (C=O) groups is 1. The molecular weight excluding hydrogens is 437 g/mol. The van der Waals surface area contributed by atoms with Gasteiger partial charge in [0.05, 0.1) is 17.9 Å². The first-order valence-electron chi connectivity index (χ1n) is 8.54. The van der Waals surface area contributed by atoms with Crippen LogP contribution >= 0.6 is 27.3 Å². The van der Waals surface area contributed by atoms with Crippen molar-refractivity contribution in [1.29, 1.82) is 0 Å². The van der Waals surface area contributed by atoms with Crippen LogP contribution in [0.25, 0.3) is 10.2 Å². The average Bonchev–Trinajstić information content (AvgIpc) is 3.30. The number of amides is 1. The summed E-state index contributed by atoms with van der Waals surface area (Å²) in [5, 5.41) is 0.459. The fraction of sp³-hybridized carbons (Fsp3) is 0.333. The van der Waals surface area contributed by atoms with E-state index in [1.54, 1.807) is 29.2 Å². The minimum atomic E-state index is -0.392. The lowest BCUT2D eigenvalue weighted by atomic mass is 10.3. The van der Waals surface area contributed by atoms with Crippen molar-refractivity contribution >= 4 is 48.5 Å². The average molecular weight is 454 g/mol. The van der Waals surface area contributed by atoms with Gasteiger partial charge in [0.25, 0.3) is 5.91 Å². The summed E-state index contributed by atoms with van der Waals surface area (Å²) >= 11 is 4.52. The molecule has 1 aliphatic heterocycles. The van der Waals surface area contributed by atoms with Crippen LogP contribution in [0.15, 0.2) is 39.4 Å². The predicted molar refractivity (Wildman–Crippen MR) is 105 cm³/mol. The van der Waals surface area contributed by atoms with E-state index in [1.807, 2.05) is 0 Å². The molecule has 0 bridgehead atoms. The molecule has 2 aromatic heterocycles. The van der Waals surface area contributed by atoms with E-state index in [9.17, 15) is 9.18 Å². The van der Waals surface area contributed by atoms with Crippen LogP contribution < -0.4 is 4.90 Å². The van der Waals surface area contributed by atoms with Crippen LogP contribution in [0.1, 0.15) is 10.6 Å². The van der Waals surface area contributed by atoms with Gasteiger partial charge in [0.2, 0.25) is 0 Å².